The molecule has 0 aromatic heterocycles. The second-order valence-corrected chi connectivity index (χ2v) is 12.2. The first kappa shape index (κ1) is 32.2. The van der Waals surface area contributed by atoms with Crippen LogP contribution >= 0.6 is 31.9 Å². The number of rotatable bonds is 11. The van der Waals surface area contributed by atoms with Gasteiger partial charge in [0.15, 0.2) is 5.75 Å². The van der Waals surface area contributed by atoms with E-state index in [-0.39, 0.29) is 18.1 Å². The predicted octanol–water partition coefficient (Wildman–Crippen LogP) is 8.97. The molecule has 1 atom stereocenters. The van der Waals surface area contributed by atoms with E-state index in [2.05, 4.69) is 51.8 Å². The lowest BCUT2D eigenvalue weighted by atomic mass is 9.82. The molecule has 4 aromatic rings. The Kier molecular flexibility index (Phi) is 10.3. The van der Waals surface area contributed by atoms with Gasteiger partial charge in [-0.1, -0.05) is 43.7 Å². The number of methoxy groups -OCH3 is 3. The summed E-state index contributed by atoms with van der Waals surface area (Å²) in [5.41, 5.74) is 4.75. The maximum atomic E-state index is 11.4. The number of aryl methyl sites for hydroxylation is 1. The number of aliphatic carboxylic acids is 1. The van der Waals surface area contributed by atoms with E-state index in [1.54, 1.807) is 38.5 Å². The van der Waals surface area contributed by atoms with Crippen molar-refractivity contribution in [2.75, 3.05) is 21.3 Å². The van der Waals surface area contributed by atoms with Gasteiger partial charge < -0.3 is 29.2 Å². The molecule has 43 heavy (non-hydrogen) atoms. The maximum absolute atomic E-state index is 11.4. The number of carbonyl (C=O) groups is 1. The molecule has 1 unspecified atom stereocenters. The van der Waals surface area contributed by atoms with E-state index in [1.807, 2.05) is 37.3 Å². The van der Waals surface area contributed by atoms with E-state index in [1.165, 1.54) is 7.11 Å². The van der Waals surface area contributed by atoms with Crippen LogP contribution in [0.2, 0.25) is 0 Å². The summed E-state index contributed by atoms with van der Waals surface area (Å²) in [6, 6.07) is 18.7. The molecule has 226 valence electrons. The number of carboxylic acids is 1. The standard InChI is InChI=1S/C34H34Br2O7/c1-18(2)23-16-29(43-34-25(35)11-20(12-26(34)36)13-31(38)39)24(17-28(23)41-5)32(21-9-7-8-19(3)10-21)33-27(37)14-22(40-4)15-30(33)42-6/h7-12,14-18,32,37H,13H2,1-6H3,(H,38,39). The molecule has 0 fully saturated rings. The molecule has 0 saturated heterocycles. The van der Waals surface area contributed by atoms with Crippen LogP contribution in [0.25, 0.3) is 0 Å². The number of phenols is 1. The van der Waals surface area contributed by atoms with Crippen LogP contribution in [0.5, 0.6) is 34.5 Å². The van der Waals surface area contributed by atoms with Crippen molar-refractivity contribution in [3.05, 3.63) is 103 Å². The highest BCUT2D eigenvalue weighted by molar-refractivity contribution is 9.11. The highest BCUT2D eigenvalue weighted by Crippen LogP contribution is 2.50. The Morgan fingerprint density at radius 2 is 1.49 bits per heavy atom. The molecule has 0 aliphatic rings. The Morgan fingerprint density at radius 1 is 0.837 bits per heavy atom. The first-order valence-electron chi connectivity index (χ1n) is 13.6. The molecule has 2 N–H and O–H groups in total. The summed E-state index contributed by atoms with van der Waals surface area (Å²) in [4.78, 5) is 11.3. The molecular weight excluding hydrogens is 680 g/mol. The largest absolute Gasteiger partial charge is 0.507 e. The van der Waals surface area contributed by atoms with Crippen molar-refractivity contribution in [3.63, 3.8) is 0 Å². The molecule has 7 nitrogen and oxygen atoms in total. The van der Waals surface area contributed by atoms with E-state index < -0.39 is 11.9 Å². The fourth-order valence-corrected chi connectivity index (χ4v) is 6.59. The van der Waals surface area contributed by atoms with Gasteiger partial charge >= 0.3 is 5.97 Å². The van der Waals surface area contributed by atoms with Crippen LogP contribution in [0.15, 0.2) is 69.6 Å². The first-order valence-corrected chi connectivity index (χ1v) is 15.2. The second kappa shape index (κ2) is 13.7. The monoisotopic (exact) mass is 712 g/mol. The molecule has 0 aliphatic heterocycles. The molecule has 0 heterocycles. The zero-order valence-corrected chi connectivity index (χ0v) is 28.0. The van der Waals surface area contributed by atoms with Crippen LogP contribution in [0, 0.1) is 6.92 Å². The topological polar surface area (TPSA) is 94.5 Å². The number of benzene rings is 4. The van der Waals surface area contributed by atoms with Gasteiger partial charge in [0.05, 0.1) is 36.7 Å². The van der Waals surface area contributed by atoms with Crippen molar-refractivity contribution in [2.45, 2.75) is 39.0 Å². The lowest BCUT2D eigenvalue weighted by molar-refractivity contribution is -0.136. The Labute approximate surface area is 268 Å². The van der Waals surface area contributed by atoms with Crippen molar-refractivity contribution < 1.29 is 34.0 Å². The quantitative estimate of drug-likeness (QED) is 0.150. The van der Waals surface area contributed by atoms with Crippen LogP contribution in [0.4, 0.5) is 0 Å². The van der Waals surface area contributed by atoms with Crippen LogP contribution < -0.4 is 18.9 Å². The van der Waals surface area contributed by atoms with Crippen LogP contribution in [0.3, 0.4) is 0 Å². The van der Waals surface area contributed by atoms with Gasteiger partial charge in [0.2, 0.25) is 0 Å². The lowest BCUT2D eigenvalue weighted by Crippen LogP contribution is -2.10. The molecule has 0 radical (unpaired) electrons. The van der Waals surface area contributed by atoms with Gasteiger partial charge in [-0.15, -0.1) is 0 Å². The third-order valence-electron chi connectivity index (χ3n) is 7.13. The highest BCUT2D eigenvalue weighted by atomic mass is 79.9. The zero-order valence-electron chi connectivity index (χ0n) is 24.8. The Bertz CT molecular complexity index is 1630. The number of carboxylic acid groups (broad SMARTS) is 1. The van der Waals surface area contributed by atoms with Crippen LogP contribution in [0.1, 0.15) is 59.1 Å². The molecule has 0 spiro atoms. The minimum atomic E-state index is -0.930. The number of phenolic OH excluding ortho intramolecular Hbond substituents is 1. The molecule has 0 aliphatic carbocycles. The van der Waals surface area contributed by atoms with Gasteiger partial charge in [0.1, 0.15) is 28.7 Å². The molecule has 9 heteroatoms. The number of hydrogen-bond donors (Lipinski definition) is 2. The average Bonchev–Trinajstić information content (AvgIpc) is 2.95. The molecule has 0 saturated carbocycles. The van der Waals surface area contributed by atoms with Gasteiger partial charge in [0.25, 0.3) is 0 Å². The predicted molar refractivity (Wildman–Crippen MR) is 174 cm³/mol. The number of hydrogen-bond acceptors (Lipinski definition) is 6. The van der Waals surface area contributed by atoms with Gasteiger partial charge in [-0.2, -0.15) is 0 Å². The summed E-state index contributed by atoms with van der Waals surface area (Å²) in [7, 11) is 4.72. The molecule has 0 amide bonds. The van der Waals surface area contributed by atoms with E-state index in [4.69, 9.17) is 18.9 Å². The molecule has 0 bridgehead atoms. The summed E-state index contributed by atoms with van der Waals surface area (Å²) >= 11 is 7.17. The van der Waals surface area contributed by atoms with Crippen LogP contribution in [-0.2, 0) is 11.2 Å². The van der Waals surface area contributed by atoms with Gasteiger partial charge in [-0.25, -0.2) is 0 Å². The van der Waals surface area contributed by atoms with E-state index >= 15 is 0 Å². The Hall–Kier alpha value is -3.69. The normalized spacial score (nSPS) is 11.7. The first-order chi connectivity index (χ1) is 20.5. The minimum absolute atomic E-state index is 0.000874. The summed E-state index contributed by atoms with van der Waals surface area (Å²) in [5.74, 6) is 1.22. The Balaban J connectivity index is 2.05. The van der Waals surface area contributed by atoms with Crippen molar-refractivity contribution in [3.8, 4) is 34.5 Å². The molecule has 4 aromatic carbocycles. The van der Waals surface area contributed by atoms with E-state index in [0.29, 0.717) is 48.8 Å². The smallest absolute Gasteiger partial charge is 0.307 e. The summed E-state index contributed by atoms with van der Waals surface area (Å²) in [6.45, 7) is 6.16. The van der Waals surface area contributed by atoms with Gasteiger partial charge in [-0.05, 0) is 80.1 Å². The fraction of sp³-hybridized carbons (Fsp3) is 0.265. The average molecular weight is 714 g/mol. The second-order valence-electron chi connectivity index (χ2n) is 10.5. The minimum Gasteiger partial charge on any atom is -0.507 e. The number of ether oxygens (including phenoxy) is 4. The summed E-state index contributed by atoms with van der Waals surface area (Å²) in [5, 5.41) is 20.7. The maximum Gasteiger partial charge on any atom is 0.307 e. The van der Waals surface area contributed by atoms with E-state index in [0.717, 1.165) is 22.3 Å². The van der Waals surface area contributed by atoms with Crippen molar-refractivity contribution in [2.24, 2.45) is 0 Å². The molecular formula is C34H34Br2O7. The number of aromatic hydroxyl groups is 1. The number of halogens is 2. The zero-order chi connectivity index (χ0) is 31.4. The van der Waals surface area contributed by atoms with Gasteiger partial charge in [-0.3, -0.25) is 4.79 Å². The lowest BCUT2D eigenvalue weighted by Gasteiger charge is -2.27. The van der Waals surface area contributed by atoms with Crippen molar-refractivity contribution >= 4 is 37.8 Å². The van der Waals surface area contributed by atoms with E-state index in [9.17, 15) is 15.0 Å². The fourth-order valence-electron chi connectivity index (χ4n) is 5.15. The Morgan fingerprint density at radius 3 is 2.05 bits per heavy atom. The molecule has 4 rings (SSSR count). The third-order valence-corrected chi connectivity index (χ3v) is 8.31. The van der Waals surface area contributed by atoms with Crippen molar-refractivity contribution in [1.82, 2.24) is 0 Å². The highest BCUT2D eigenvalue weighted by Gasteiger charge is 2.30. The van der Waals surface area contributed by atoms with Crippen LogP contribution in [-0.4, -0.2) is 37.5 Å². The van der Waals surface area contributed by atoms with Crippen molar-refractivity contribution in [1.29, 1.82) is 0 Å². The summed E-state index contributed by atoms with van der Waals surface area (Å²) < 4.78 is 25.0. The summed E-state index contributed by atoms with van der Waals surface area (Å²) in [6.07, 6.45) is -0.130. The SMILES string of the molecule is COc1cc(O)c(C(c2cccc(C)c2)c2cc(OC)c(C(C)C)cc2Oc2c(Br)cc(CC(=O)O)cc2Br)c(OC)c1. The third kappa shape index (κ3) is 7.11. The van der Waals surface area contributed by atoms with Gasteiger partial charge in [0, 0.05) is 34.7 Å².